The molecular weight excluding hydrogens is 338 g/mol. The van der Waals surface area contributed by atoms with Crippen molar-refractivity contribution in [3.05, 3.63) is 36.0 Å². The van der Waals surface area contributed by atoms with Gasteiger partial charge in [-0.25, -0.2) is 0 Å². The maximum Gasteiger partial charge on any atom is 0.236 e. The van der Waals surface area contributed by atoms with Gasteiger partial charge in [-0.1, -0.05) is 6.07 Å². The van der Waals surface area contributed by atoms with Gasteiger partial charge in [0.1, 0.15) is 6.07 Å². The summed E-state index contributed by atoms with van der Waals surface area (Å²) in [5.74, 6) is 0.258. The van der Waals surface area contributed by atoms with Crippen LogP contribution in [0.5, 0.6) is 0 Å². The number of nitrogens with one attached hydrogen (secondary N) is 1. The zero-order valence-corrected chi connectivity index (χ0v) is 15.7. The average Bonchev–Trinajstić information content (AvgIpc) is 3.30. The van der Waals surface area contributed by atoms with Crippen LogP contribution in [0.1, 0.15) is 31.7 Å². The molecule has 0 bridgehead atoms. The molecule has 2 aliphatic heterocycles. The van der Waals surface area contributed by atoms with Gasteiger partial charge in [0.25, 0.3) is 0 Å². The summed E-state index contributed by atoms with van der Waals surface area (Å²) in [6.45, 7) is 5.34. The number of amides is 1. The highest BCUT2D eigenvalue weighted by molar-refractivity contribution is 5.92. The first-order chi connectivity index (χ1) is 13.1. The van der Waals surface area contributed by atoms with E-state index in [1.807, 2.05) is 29.2 Å². The second-order valence-corrected chi connectivity index (χ2v) is 7.65. The Morgan fingerprint density at radius 3 is 3.04 bits per heavy atom. The summed E-state index contributed by atoms with van der Waals surface area (Å²) in [7, 11) is 0. The Kier molecular flexibility index (Phi) is 4.95. The summed E-state index contributed by atoms with van der Waals surface area (Å²) >= 11 is 0. The number of benzene rings is 1. The van der Waals surface area contributed by atoms with Gasteiger partial charge in [-0.2, -0.15) is 5.26 Å². The highest BCUT2D eigenvalue weighted by Crippen LogP contribution is 2.25. The van der Waals surface area contributed by atoms with Crippen molar-refractivity contribution < 1.29 is 4.79 Å². The van der Waals surface area contributed by atoms with Gasteiger partial charge in [-0.15, -0.1) is 0 Å². The fraction of sp³-hybridized carbons (Fsp3) is 0.476. The van der Waals surface area contributed by atoms with Crippen molar-refractivity contribution in [2.24, 2.45) is 0 Å². The SMILES string of the molecule is C[C@@H]1CCCN1C(=O)CN1CC[C@H](Nc2cccc3ncc(C#N)cc23)C1. The molecule has 2 saturated heterocycles. The second kappa shape index (κ2) is 7.53. The maximum absolute atomic E-state index is 12.5. The number of carbonyl (C=O) groups is 1. The Bertz CT molecular complexity index is 890. The molecule has 0 spiro atoms. The molecule has 1 amide bonds. The van der Waals surface area contributed by atoms with Crippen LogP contribution in [0.15, 0.2) is 30.5 Å². The summed E-state index contributed by atoms with van der Waals surface area (Å²) in [6, 6.07) is 10.7. The van der Waals surface area contributed by atoms with Crippen molar-refractivity contribution in [2.75, 3.05) is 31.5 Å². The maximum atomic E-state index is 12.5. The van der Waals surface area contributed by atoms with Crippen molar-refractivity contribution in [1.29, 1.82) is 5.26 Å². The third kappa shape index (κ3) is 3.74. The minimum Gasteiger partial charge on any atom is -0.380 e. The third-order valence-electron chi connectivity index (χ3n) is 5.72. The van der Waals surface area contributed by atoms with Gasteiger partial charge >= 0.3 is 0 Å². The molecule has 1 N–H and O–H groups in total. The van der Waals surface area contributed by atoms with Crippen molar-refractivity contribution in [1.82, 2.24) is 14.8 Å². The van der Waals surface area contributed by atoms with Crippen LogP contribution in [-0.4, -0.2) is 59.0 Å². The van der Waals surface area contributed by atoms with E-state index < -0.39 is 0 Å². The molecular formula is C21H25N5O. The number of hydrogen-bond acceptors (Lipinski definition) is 5. The van der Waals surface area contributed by atoms with Crippen LogP contribution < -0.4 is 5.32 Å². The standard InChI is InChI=1S/C21H25N5O/c1-15-4-3-8-26(15)21(27)14-25-9-7-17(13-25)24-20-6-2-5-19-18(20)10-16(11-22)12-23-19/h2,5-6,10,12,15,17,24H,3-4,7-9,13-14H2,1H3/t15-,17+/m1/s1. The predicted octanol–water partition coefficient (Wildman–Crippen LogP) is 2.60. The molecule has 1 aromatic heterocycles. The normalized spacial score (nSPS) is 22.9. The lowest BCUT2D eigenvalue weighted by atomic mass is 10.1. The monoisotopic (exact) mass is 363 g/mol. The van der Waals surface area contributed by atoms with Crippen LogP contribution >= 0.6 is 0 Å². The average molecular weight is 363 g/mol. The summed E-state index contributed by atoms with van der Waals surface area (Å²) in [4.78, 5) is 21.2. The van der Waals surface area contributed by atoms with Gasteiger partial charge < -0.3 is 10.2 Å². The zero-order valence-electron chi connectivity index (χ0n) is 15.7. The number of nitriles is 1. The van der Waals surface area contributed by atoms with Crippen LogP contribution in [0.2, 0.25) is 0 Å². The molecule has 4 rings (SSSR count). The van der Waals surface area contributed by atoms with Gasteiger partial charge in [-0.05, 0) is 44.4 Å². The van der Waals surface area contributed by atoms with Crippen molar-refractivity contribution in [2.45, 2.75) is 38.3 Å². The minimum absolute atomic E-state index is 0.258. The number of nitrogens with zero attached hydrogens (tertiary/aromatic N) is 4. The van der Waals surface area contributed by atoms with E-state index in [4.69, 9.17) is 5.26 Å². The fourth-order valence-corrected chi connectivity index (χ4v) is 4.24. The highest BCUT2D eigenvalue weighted by Gasteiger charge is 2.29. The molecule has 2 fully saturated rings. The fourth-order valence-electron chi connectivity index (χ4n) is 4.24. The second-order valence-electron chi connectivity index (χ2n) is 7.65. The van der Waals surface area contributed by atoms with Crippen molar-refractivity contribution in [3.8, 4) is 6.07 Å². The molecule has 0 saturated carbocycles. The largest absolute Gasteiger partial charge is 0.380 e. The Balaban J connectivity index is 1.41. The molecule has 0 radical (unpaired) electrons. The molecule has 1 aromatic carbocycles. The number of rotatable bonds is 4. The van der Waals surface area contributed by atoms with Crippen molar-refractivity contribution >= 4 is 22.5 Å². The Hall–Kier alpha value is -2.65. The van der Waals surface area contributed by atoms with Crippen LogP contribution in [-0.2, 0) is 4.79 Å². The molecule has 140 valence electrons. The van der Waals surface area contributed by atoms with E-state index in [9.17, 15) is 4.79 Å². The Labute approximate surface area is 159 Å². The molecule has 0 aliphatic carbocycles. The molecule has 3 heterocycles. The van der Waals surface area contributed by atoms with E-state index in [0.29, 0.717) is 24.2 Å². The number of anilines is 1. The molecule has 6 nitrogen and oxygen atoms in total. The van der Waals surface area contributed by atoms with Crippen LogP contribution in [0.3, 0.4) is 0 Å². The number of hydrogen-bond donors (Lipinski definition) is 1. The number of carbonyl (C=O) groups excluding carboxylic acids is 1. The summed E-state index contributed by atoms with van der Waals surface area (Å²) < 4.78 is 0. The lowest BCUT2D eigenvalue weighted by molar-refractivity contribution is -0.132. The van der Waals surface area contributed by atoms with Crippen LogP contribution in [0.25, 0.3) is 10.9 Å². The van der Waals surface area contributed by atoms with E-state index in [1.54, 1.807) is 6.20 Å². The van der Waals surface area contributed by atoms with E-state index >= 15 is 0 Å². The topological polar surface area (TPSA) is 72.3 Å². The van der Waals surface area contributed by atoms with Crippen molar-refractivity contribution in [3.63, 3.8) is 0 Å². The van der Waals surface area contributed by atoms with Gasteiger partial charge in [-0.3, -0.25) is 14.7 Å². The van der Waals surface area contributed by atoms with Gasteiger partial charge in [0, 0.05) is 49.0 Å². The third-order valence-corrected chi connectivity index (χ3v) is 5.72. The summed E-state index contributed by atoms with van der Waals surface area (Å²) in [5.41, 5.74) is 2.45. The quantitative estimate of drug-likeness (QED) is 0.904. The number of aromatic nitrogens is 1. The Morgan fingerprint density at radius 1 is 1.37 bits per heavy atom. The van der Waals surface area contributed by atoms with Gasteiger partial charge in [0.2, 0.25) is 5.91 Å². The highest BCUT2D eigenvalue weighted by atomic mass is 16.2. The molecule has 6 heteroatoms. The molecule has 2 atom stereocenters. The minimum atomic E-state index is 0.258. The smallest absolute Gasteiger partial charge is 0.236 e. The number of likely N-dealkylation sites (tertiary alicyclic amines) is 2. The van der Waals surface area contributed by atoms with Gasteiger partial charge in [0.15, 0.2) is 0 Å². The van der Waals surface area contributed by atoms with E-state index in [0.717, 1.165) is 55.5 Å². The van der Waals surface area contributed by atoms with E-state index in [1.165, 1.54) is 0 Å². The van der Waals surface area contributed by atoms with Crippen LogP contribution in [0, 0.1) is 11.3 Å². The first kappa shape index (κ1) is 17.7. The van der Waals surface area contributed by atoms with Crippen LogP contribution in [0.4, 0.5) is 5.69 Å². The summed E-state index contributed by atoms with van der Waals surface area (Å²) in [5, 5.41) is 13.7. The molecule has 0 unspecified atom stereocenters. The number of fused-ring (bicyclic) bond motifs is 1. The van der Waals surface area contributed by atoms with E-state index in [-0.39, 0.29) is 5.91 Å². The first-order valence-corrected chi connectivity index (χ1v) is 9.71. The number of pyridine rings is 1. The van der Waals surface area contributed by atoms with E-state index in [2.05, 4.69) is 28.2 Å². The van der Waals surface area contributed by atoms with Gasteiger partial charge in [0.05, 0.1) is 17.6 Å². The molecule has 27 heavy (non-hydrogen) atoms. The molecule has 2 aromatic rings. The first-order valence-electron chi connectivity index (χ1n) is 9.71. The zero-order chi connectivity index (χ0) is 18.8. The lowest BCUT2D eigenvalue weighted by Gasteiger charge is -2.25. The summed E-state index contributed by atoms with van der Waals surface area (Å²) in [6.07, 6.45) is 4.85. The predicted molar refractivity (Wildman–Crippen MR) is 105 cm³/mol. The molecule has 2 aliphatic rings. The lowest BCUT2D eigenvalue weighted by Crippen LogP contribution is -2.41. The Morgan fingerprint density at radius 2 is 2.26 bits per heavy atom.